The maximum atomic E-state index is 12.0. The molecule has 0 aliphatic carbocycles. The van der Waals surface area contributed by atoms with E-state index in [1.807, 2.05) is 12.1 Å². The Labute approximate surface area is 119 Å². The molecule has 1 atom stereocenters. The summed E-state index contributed by atoms with van der Waals surface area (Å²) in [6.07, 6.45) is 2.59. The van der Waals surface area contributed by atoms with Gasteiger partial charge in [-0.3, -0.25) is 4.79 Å². The fraction of sp³-hybridized carbons (Fsp3) is 0.467. The van der Waals surface area contributed by atoms with Crippen molar-refractivity contribution in [1.29, 1.82) is 5.26 Å². The first kappa shape index (κ1) is 14.5. The zero-order valence-corrected chi connectivity index (χ0v) is 11.6. The van der Waals surface area contributed by atoms with Crippen LogP contribution in [0.3, 0.4) is 0 Å². The molecule has 0 unspecified atom stereocenters. The fourth-order valence-electron chi connectivity index (χ4n) is 2.41. The van der Waals surface area contributed by atoms with Gasteiger partial charge in [-0.15, -0.1) is 0 Å². The van der Waals surface area contributed by atoms with E-state index in [-0.39, 0.29) is 11.9 Å². The highest BCUT2D eigenvalue weighted by Crippen LogP contribution is 2.16. The predicted octanol–water partition coefficient (Wildman–Crippen LogP) is 1.24. The summed E-state index contributed by atoms with van der Waals surface area (Å²) in [5.74, 6) is 0.0259. The van der Waals surface area contributed by atoms with Crippen molar-refractivity contribution in [3.8, 4) is 6.07 Å². The fourth-order valence-corrected chi connectivity index (χ4v) is 2.41. The van der Waals surface area contributed by atoms with Gasteiger partial charge >= 0.3 is 0 Å². The van der Waals surface area contributed by atoms with Gasteiger partial charge in [0, 0.05) is 13.1 Å². The molecule has 0 spiro atoms. The Bertz CT molecular complexity index is 493. The molecule has 1 aliphatic rings. The minimum absolute atomic E-state index is 0.0259. The Hall–Kier alpha value is -1.90. The molecule has 1 amide bonds. The summed E-state index contributed by atoms with van der Waals surface area (Å²) in [6, 6.07) is 9.34. The number of hydroxylamine groups is 2. The summed E-state index contributed by atoms with van der Waals surface area (Å²) in [6.45, 7) is 1.41. The SMILES string of the molecule is CON1CCC[C@H]1C(=O)NCCc1ccc(C#N)cc1. The number of carbonyl (C=O) groups excluding carboxylic acids is 1. The number of rotatable bonds is 5. The third-order valence-corrected chi connectivity index (χ3v) is 3.54. The van der Waals surface area contributed by atoms with E-state index in [1.165, 1.54) is 0 Å². The van der Waals surface area contributed by atoms with Crippen LogP contribution in [0.4, 0.5) is 0 Å². The van der Waals surface area contributed by atoms with Crippen molar-refractivity contribution in [1.82, 2.24) is 10.4 Å². The Balaban J connectivity index is 1.77. The molecule has 106 valence electrons. The lowest BCUT2D eigenvalue weighted by Gasteiger charge is -2.20. The van der Waals surface area contributed by atoms with Crippen LogP contribution in [0.1, 0.15) is 24.0 Å². The van der Waals surface area contributed by atoms with Crippen LogP contribution in [-0.4, -0.2) is 37.2 Å². The molecule has 0 radical (unpaired) electrons. The number of hydrogen-bond donors (Lipinski definition) is 1. The second kappa shape index (κ2) is 7.04. The van der Waals surface area contributed by atoms with E-state index in [2.05, 4.69) is 11.4 Å². The molecule has 5 nitrogen and oxygen atoms in total. The molecule has 0 bridgehead atoms. The molecule has 0 saturated carbocycles. The molecule has 1 aromatic rings. The molecule has 1 aromatic carbocycles. The summed E-state index contributed by atoms with van der Waals surface area (Å²) in [7, 11) is 1.60. The number of nitrogens with zero attached hydrogens (tertiary/aromatic N) is 2. The van der Waals surface area contributed by atoms with Crippen LogP contribution in [-0.2, 0) is 16.1 Å². The van der Waals surface area contributed by atoms with Crippen molar-refractivity contribution < 1.29 is 9.63 Å². The Morgan fingerprint density at radius 1 is 1.50 bits per heavy atom. The van der Waals surface area contributed by atoms with Crippen LogP contribution >= 0.6 is 0 Å². The van der Waals surface area contributed by atoms with Crippen molar-refractivity contribution in [3.63, 3.8) is 0 Å². The van der Waals surface area contributed by atoms with Crippen LogP contribution in [0.25, 0.3) is 0 Å². The molecule has 1 saturated heterocycles. The molecule has 2 rings (SSSR count). The van der Waals surface area contributed by atoms with Gasteiger partial charge in [-0.05, 0) is 37.0 Å². The second-order valence-electron chi connectivity index (χ2n) is 4.83. The van der Waals surface area contributed by atoms with Crippen molar-refractivity contribution in [2.24, 2.45) is 0 Å². The van der Waals surface area contributed by atoms with Gasteiger partial charge in [0.2, 0.25) is 5.91 Å². The normalized spacial score (nSPS) is 18.7. The van der Waals surface area contributed by atoms with E-state index < -0.39 is 0 Å². The zero-order valence-electron chi connectivity index (χ0n) is 11.6. The van der Waals surface area contributed by atoms with Gasteiger partial charge in [0.15, 0.2) is 0 Å². The van der Waals surface area contributed by atoms with Gasteiger partial charge in [-0.1, -0.05) is 12.1 Å². The summed E-state index contributed by atoms with van der Waals surface area (Å²) in [5.41, 5.74) is 1.76. The molecule has 1 fully saturated rings. The molecular weight excluding hydrogens is 254 g/mol. The van der Waals surface area contributed by atoms with Gasteiger partial charge in [0.25, 0.3) is 0 Å². The lowest BCUT2D eigenvalue weighted by Crippen LogP contribution is -2.43. The first-order valence-electron chi connectivity index (χ1n) is 6.82. The third-order valence-electron chi connectivity index (χ3n) is 3.54. The van der Waals surface area contributed by atoms with Crippen LogP contribution in [0.15, 0.2) is 24.3 Å². The molecule has 5 heteroatoms. The van der Waals surface area contributed by atoms with Gasteiger partial charge in [0.1, 0.15) is 6.04 Å². The van der Waals surface area contributed by atoms with E-state index in [1.54, 1.807) is 24.3 Å². The summed E-state index contributed by atoms with van der Waals surface area (Å²) >= 11 is 0. The van der Waals surface area contributed by atoms with E-state index in [0.29, 0.717) is 12.1 Å². The van der Waals surface area contributed by atoms with Crippen molar-refractivity contribution in [3.05, 3.63) is 35.4 Å². The number of hydrogen-bond acceptors (Lipinski definition) is 4. The van der Waals surface area contributed by atoms with Crippen molar-refractivity contribution in [2.45, 2.75) is 25.3 Å². The summed E-state index contributed by atoms with van der Waals surface area (Å²) in [5, 5.41) is 13.4. The van der Waals surface area contributed by atoms with Gasteiger partial charge in [-0.25, -0.2) is 0 Å². The quantitative estimate of drug-likeness (QED) is 0.876. The molecular formula is C15H19N3O2. The smallest absolute Gasteiger partial charge is 0.239 e. The molecule has 0 aromatic heterocycles. The first-order valence-corrected chi connectivity index (χ1v) is 6.82. The Morgan fingerprint density at radius 2 is 2.25 bits per heavy atom. The molecule has 20 heavy (non-hydrogen) atoms. The summed E-state index contributed by atoms with van der Waals surface area (Å²) in [4.78, 5) is 17.2. The minimum Gasteiger partial charge on any atom is -0.354 e. The highest BCUT2D eigenvalue weighted by atomic mass is 16.7. The maximum absolute atomic E-state index is 12.0. The zero-order chi connectivity index (χ0) is 14.4. The number of amides is 1. The third kappa shape index (κ3) is 3.56. The monoisotopic (exact) mass is 273 g/mol. The predicted molar refractivity (Wildman–Crippen MR) is 74.6 cm³/mol. The van der Waals surface area contributed by atoms with E-state index in [0.717, 1.165) is 31.4 Å². The van der Waals surface area contributed by atoms with E-state index in [9.17, 15) is 4.79 Å². The number of nitrogens with one attached hydrogen (secondary N) is 1. The first-order chi connectivity index (χ1) is 9.74. The van der Waals surface area contributed by atoms with Gasteiger partial charge < -0.3 is 10.2 Å². The topological polar surface area (TPSA) is 65.4 Å². The Morgan fingerprint density at radius 3 is 2.90 bits per heavy atom. The highest BCUT2D eigenvalue weighted by Gasteiger charge is 2.30. The number of nitriles is 1. The van der Waals surface area contributed by atoms with Crippen molar-refractivity contribution >= 4 is 5.91 Å². The maximum Gasteiger partial charge on any atom is 0.239 e. The molecule has 1 aliphatic heterocycles. The highest BCUT2D eigenvalue weighted by molar-refractivity contribution is 5.81. The van der Waals surface area contributed by atoms with Crippen LogP contribution in [0.2, 0.25) is 0 Å². The van der Waals surface area contributed by atoms with E-state index in [4.69, 9.17) is 10.1 Å². The number of carbonyl (C=O) groups is 1. The van der Waals surface area contributed by atoms with Gasteiger partial charge in [-0.2, -0.15) is 10.3 Å². The van der Waals surface area contributed by atoms with Crippen LogP contribution in [0.5, 0.6) is 0 Å². The lowest BCUT2D eigenvalue weighted by molar-refractivity contribution is -0.160. The summed E-state index contributed by atoms with van der Waals surface area (Å²) < 4.78 is 0. The molecule has 1 N–H and O–H groups in total. The second-order valence-corrected chi connectivity index (χ2v) is 4.83. The number of benzene rings is 1. The van der Waals surface area contributed by atoms with E-state index >= 15 is 0 Å². The Kier molecular flexibility index (Phi) is 5.10. The van der Waals surface area contributed by atoms with Crippen LogP contribution < -0.4 is 5.32 Å². The largest absolute Gasteiger partial charge is 0.354 e. The van der Waals surface area contributed by atoms with Crippen LogP contribution in [0, 0.1) is 11.3 Å². The average molecular weight is 273 g/mol. The standard InChI is InChI=1S/C15H19N3O2/c1-20-18-10-2-3-14(18)15(19)17-9-8-12-4-6-13(11-16)7-5-12/h4-7,14H,2-3,8-10H2,1H3,(H,17,19)/t14-/m0/s1. The molecule has 1 heterocycles. The average Bonchev–Trinajstić information content (AvgIpc) is 2.96. The van der Waals surface area contributed by atoms with Gasteiger partial charge in [0.05, 0.1) is 18.7 Å². The minimum atomic E-state index is -0.166. The lowest BCUT2D eigenvalue weighted by atomic mass is 10.1. The van der Waals surface area contributed by atoms with Crippen molar-refractivity contribution in [2.75, 3.05) is 20.2 Å².